The highest BCUT2D eigenvalue weighted by Crippen LogP contribution is 2.32. The van der Waals surface area contributed by atoms with Crippen molar-refractivity contribution in [3.63, 3.8) is 0 Å². The minimum absolute atomic E-state index is 0.121. The molecule has 0 spiro atoms. The first-order valence-corrected chi connectivity index (χ1v) is 14.5. The maximum atomic E-state index is 14.2. The summed E-state index contributed by atoms with van der Waals surface area (Å²) in [6.45, 7) is 5.17. The SMILES string of the molecule is CN1CCN(c2ccc(C(=O)Nc3n[nH]c4ccc(Sc5cc(F)ccc5F)nc34)c(NC3CCOCC3)c2)CC1. The van der Waals surface area contributed by atoms with E-state index in [0.717, 1.165) is 80.4 Å². The molecule has 4 aromatic rings. The summed E-state index contributed by atoms with van der Waals surface area (Å²) < 4.78 is 33.4. The molecule has 9 nitrogen and oxygen atoms in total. The number of rotatable bonds is 7. The number of nitrogens with zero attached hydrogens (tertiary/aromatic N) is 4. The van der Waals surface area contributed by atoms with Crippen LogP contribution in [-0.4, -0.2) is 78.5 Å². The molecule has 3 N–H and O–H groups in total. The molecule has 214 valence electrons. The molecule has 1 amide bonds. The molecule has 12 heteroatoms. The van der Waals surface area contributed by atoms with E-state index >= 15 is 0 Å². The number of likely N-dealkylation sites (N-methyl/N-ethyl adjacent to an activating group) is 1. The van der Waals surface area contributed by atoms with Crippen LogP contribution in [0.5, 0.6) is 0 Å². The average molecular weight is 580 g/mol. The van der Waals surface area contributed by atoms with Crippen molar-refractivity contribution in [2.45, 2.75) is 28.8 Å². The molecule has 2 saturated heterocycles. The number of hydrogen-bond acceptors (Lipinski definition) is 8. The molecule has 2 fully saturated rings. The molecule has 0 radical (unpaired) electrons. The Hall–Kier alpha value is -3.74. The van der Waals surface area contributed by atoms with Crippen molar-refractivity contribution in [3.8, 4) is 0 Å². The van der Waals surface area contributed by atoms with Gasteiger partial charge in [0.05, 0.1) is 16.0 Å². The molecule has 2 aromatic carbocycles. The number of fused-ring (bicyclic) bond motifs is 1. The standard InChI is InChI=1S/C29H31F2N7O2S/c1-37-10-12-38(13-11-37)20-3-4-21(24(17-20)32-19-8-14-40-15-9-19)29(39)34-28-27-23(35-36-28)6-7-26(33-27)41-25-16-18(30)2-5-22(25)31/h2-7,16-17,19,32H,8-15H2,1H3,(H2,34,35,36,39). The van der Waals surface area contributed by atoms with E-state index in [2.05, 4.69) is 48.7 Å². The molecule has 6 rings (SSSR count). The second kappa shape index (κ2) is 12.0. The fourth-order valence-corrected chi connectivity index (χ4v) is 5.88. The van der Waals surface area contributed by atoms with Crippen molar-refractivity contribution >= 4 is 45.9 Å². The van der Waals surface area contributed by atoms with Gasteiger partial charge >= 0.3 is 0 Å². The van der Waals surface area contributed by atoms with Crippen LogP contribution >= 0.6 is 11.8 Å². The van der Waals surface area contributed by atoms with Gasteiger partial charge in [0.15, 0.2) is 5.82 Å². The van der Waals surface area contributed by atoms with Gasteiger partial charge in [-0.3, -0.25) is 9.89 Å². The number of aromatic amines is 1. The van der Waals surface area contributed by atoms with Crippen LogP contribution in [0.4, 0.5) is 26.0 Å². The lowest BCUT2D eigenvalue weighted by Gasteiger charge is -2.34. The fourth-order valence-electron chi connectivity index (χ4n) is 5.04. The van der Waals surface area contributed by atoms with Gasteiger partial charge in [-0.1, -0.05) is 11.8 Å². The number of amides is 1. The average Bonchev–Trinajstić information content (AvgIpc) is 3.37. The number of piperazine rings is 1. The van der Waals surface area contributed by atoms with Crippen molar-refractivity contribution in [2.24, 2.45) is 0 Å². The zero-order valence-electron chi connectivity index (χ0n) is 22.6. The van der Waals surface area contributed by atoms with Gasteiger partial charge in [-0.15, -0.1) is 0 Å². The van der Waals surface area contributed by atoms with Gasteiger partial charge in [0, 0.05) is 56.8 Å². The molecular formula is C29H31F2N7O2S. The van der Waals surface area contributed by atoms with Crippen molar-refractivity contribution in [1.29, 1.82) is 0 Å². The molecule has 0 bridgehead atoms. The Morgan fingerprint density at radius 1 is 1.05 bits per heavy atom. The highest BCUT2D eigenvalue weighted by atomic mass is 32.2. The molecule has 0 atom stereocenters. The van der Waals surface area contributed by atoms with Gasteiger partial charge in [0.25, 0.3) is 5.91 Å². The number of benzene rings is 2. The molecule has 41 heavy (non-hydrogen) atoms. The van der Waals surface area contributed by atoms with Gasteiger partial charge in [-0.2, -0.15) is 5.10 Å². The highest BCUT2D eigenvalue weighted by molar-refractivity contribution is 7.99. The van der Waals surface area contributed by atoms with Gasteiger partial charge in [-0.25, -0.2) is 13.8 Å². The van der Waals surface area contributed by atoms with Gasteiger partial charge in [0.1, 0.15) is 22.2 Å². The number of nitrogens with one attached hydrogen (secondary N) is 3. The van der Waals surface area contributed by atoms with E-state index in [0.29, 0.717) is 34.8 Å². The Morgan fingerprint density at radius 2 is 1.85 bits per heavy atom. The molecule has 2 aromatic heterocycles. The van der Waals surface area contributed by atoms with Crippen molar-refractivity contribution in [2.75, 3.05) is 62.0 Å². The number of pyridine rings is 1. The van der Waals surface area contributed by atoms with E-state index in [1.807, 2.05) is 12.1 Å². The summed E-state index contributed by atoms with van der Waals surface area (Å²) in [4.78, 5) is 23.0. The quantitative estimate of drug-likeness (QED) is 0.282. The Bertz CT molecular complexity index is 1550. The molecule has 0 saturated carbocycles. The monoisotopic (exact) mass is 579 g/mol. The third-order valence-electron chi connectivity index (χ3n) is 7.42. The number of ether oxygens (including phenoxy) is 1. The number of carbonyl (C=O) groups excluding carboxylic acids is 1. The van der Waals surface area contributed by atoms with Gasteiger partial charge in [-0.05, 0) is 68.4 Å². The summed E-state index contributed by atoms with van der Waals surface area (Å²) in [5.41, 5.74) is 3.36. The van der Waals surface area contributed by atoms with Gasteiger partial charge in [0.2, 0.25) is 0 Å². The molecule has 0 unspecified atom stereocenters. The lowest BCUT2D eigenvalue weighted by Crippen LogP contribution is -2.44. The van der Waals surface area contributed by atoms with E-state index in [1.165, 1.54) is 0 Å². The Balaban J connectivity index is 1.26. The Labute approximate surface area is 240 Å². The Morgan fingerprint density at radius 3 is 2.66 bits per heavy atom. The topological polar surface area (TPSA) is 98.4 Å². The largest absolute Gasteiger partial charge is 0.381 e. The fraction of sp³-hybridized carbons (Fsp3) is 0.345. The first-order chi connectivity index (χ1) is 19.9. The second-order valence-corrected chi connectivity index (χ2v) is 11.4. The smallest absolute Gasteiger partial charge is 0.259 e. The van der Waals surface area contributed by atoms with Crippen LogP contribution in [0.2, 0.25) is 0 Å². The van der Waals surface area contributed by atoms with E-state index in [1.54, 1.807) is 12.1 Å². The van der Waals surface area contributed by atoms with Crippen molar-refractivity contribution in [3.05, 3.63) is 65.7 Å². The minimum Gasteiger partial charge on any atom is -0.381 e. The molecular weight excluding hydrogens is 548 g/mol. The lowest BCUT2D eigenvalue weighted by molar-refractivity contribution is 0.0904. The van der Waals surface area contributed by atoms with Crippen molar-refractivity contribution in [1.82, 2.24) is 20.1 Å². The van der Waals surface area contributed by atoms with Crippen LogP contribution in [0.25, 0.3) is 11.0 Å². The Kier molecular flexibility index (Phi) is 8.04. The van der Waals surface area contributed by atoms with Crippen LogP contribution in [0.15, 0.2) is 58.5 Å². The minimum atomic E-state index is -0.538. The van der Waals surface area contributed by atoms with E-state index in [9.17, 15) is 13.6 Å². The van der Waals surface area contributed by atoms with E-state index in [-0.39, 0.29) is 22.7 Å². The molecule has 2 aliphatic rings. The summed E-state index contributed by atoms with van der Waals surface area (Å²) in [5, 5.41) is 14.1. The molecule has 4 heterocycles. The molecule has 0 aliphatic carbocycles. The summed E-state index contributed by atoms with van der Waals surface area (Å²) >= 11 is 0.999. The number of H-pyrrole nitrogens is 1. The zero-order chi connectivity index (χ0) is 28.3. The zero-order valence-corrected chi connectivity index (χ0v) is 23.4. The number of halogens is 2. The normalized spacial score (nSPS) is 16.7. The van der Waals surface area contributed by atoms with Crippen molar-refractivity contribution < 1.29 is 18.3 Å². The third kappa shape index (κ3) is 6.29. The van der Waals surface area contributed by atoms with Crippen LogP contribution in [0.1, 0.15) is 23.2 Å². The lowest BCUT2D eigenvalue weighted by atomic mass is 10.1. The number of aromatic nitrogens is 3. The predicted molar refractivity (Wildman–Crippen MR) is 156 cm³/mol. The predicted octanol–water partition coefficient (Wildman–Crippen LogP) is 4.98. The molecule has 2 aliphatic heterocycles. The van der Waals surface area contributed by atoms with Gasteiger partial charge < -0.3 is 25.2 Å². The summed E-state index contributed by atoms with van der Waals surface area (Å²) in [7, 11) is 2.12. The van der Waals surface area contributed by atoms with E-state index in [4.69, 9.17) is 4.74 Å². The number of carbonyl (C=O) groups is 1. The first-order valence-electron chi connectivity index (χ1n) is 13.6. The van der Waals surface area contributed by atoms with Crippen LogP contribution in [0.3, 0.4) is 0 Å². The number of anilines is 3. The maximum absolute atomic E-state index is 14.2. The van der Waals surface area contributed by atoms with Crippen LogP contribution < -0.4 is 15.5 Å². The first kappa shape index (κ1) is 27.4. The van der Waals surface area contributed by atoms with E-state index < -0.39 is 11.6 Å². The van der Waals surface area contributed by atoms with Crippen LogP contribution in [-0.2, 0) is 4.74 Å². The van der Waals surface area contributed by atoms with Crippen LogP contribution in [0, 0.1) is 11.6 Å². The summed E-state index contributed by atoms with van der Waals surface area (Å²) in [6.07, 6.45) is 1.72. The highest BCUT2D eigenvalue weighted by Gasteiger charge is 2.22. The summed E-state index contributed by atoms with van der Waals surface area (Å²) in [6, 6.07) is 12.8. The summed E-state index contributed by atoms with van der Waals surface area (Å²) in [5.74, 6) is -1.14. The second-order valence-electron chi connectivity index (χ2n) is 10.3. The number of hydrogen-bond donors (Lipinski definition) is 3. The maximum Gasteiger partial charge on any atom is 0.259 e. The third-order valence-corrected chi connectivity index (χ3v) is 8.39.